The smallest absolute Gasteiger partial charge is 0.169 e. The molecule has 4 nitrogen and oxygen atoms in total. The summed E-state index contributed by atoms with van der Waals surface area (Å²) in [5.41, 5.74) is 2.82. The third-order valence-corrected chi connectivity index (χ3v) is 5.25. The highest BCUT2D eigenvalue weighted by atomic mass is 79.9. The zero-order chi connectivity index (χ0) is 16.0. The summed E-state index contributed by atoms with van der Waals surface area (Å²) in [5, 5.41) is 0.639. The van der Waals surface area contributed by atoms with Crippen LogP contribution in [0, 0.1) is 5.82 Å². The van der Waals surface area contributed by atoms with Gasteiger partial charge in [-0.05, 0) is 34.8 Å². The lowest BCUT2D eigenvalue weighted by atomic mass is 10.2. The van der Waals surface area contributed by atoms with Crippen LogP contribution in [-0.2, 0) is 4.74 Å². The van der Waals surface area contributed by atoms with Crippen LogP contribution >= 0.6 is 28.6 Å². The Kier molecular flexibility index (Phi) is 4.11. The number of imidazole rings is 1. The van der Waals surface area contributed by atoms with Gasteiger partial charge in [0.15, 0.2) is 5.16 Å². The molecule has 2 fully saturated rings. The van der Waals surface area contributed by atoms with Gasteiger partial charge in [-0.15, -0.1) is 12.6 Å². The molecule has 4 rings (SSSR count). The van der Waals surface area contributed by atoms with E-state index in [1.54, 1.807) is 12.1 Å². The molecule has 1 saturated carbocycles. The molecule has 2 aliphatic rings. The number of rotatable bonds is 3. The largest absolute Gasteiger partial charge is 0.378 e. The molecule has 0 amide bonds. The number of aromatic nitrogens is 2. The molecule has 2 heterocycles. The molecule has 0 spiro atoms. The van der Waals surface area contributed by atoms with Crippen molar-refractivity contribution in [2.45, 2.75) is 23.9 Å². The van der Waals surface area contributed by atoms with Crippen molar-refractivity contribution in [2.24, 2.45) is 0 Å². The van der Waals surface area contributed by atoms with Gasteiger partial charge in [-0.3, -0.25) is 4.57 Å². The van der Waals surface area contributed by atoms with Crippen molar-refractivity contribution in [3.8, 4) is 5.69 Å². The number of thiol groups is 1. The maximum Gasteiger partial charge on any atom is 0.169 e. The van der Waals surface area contributed by atoms with Crippen LogP contribution in [0.1, 0.15) is 24.5 Å². The van der Waals surface area contributed by atoms with Gasteiger partial charge in [-0.1, -0.05) is 0 Å². The number of hydrogen-bond acceptors (Lipinski definition) is 4. The molecule has 0 radical (unpaired) electrons. The second-order valence-electron chi connectivity index (χ2n) is 5.96. The number of anilines is 1. The number of benzene rings is 1. The summed E-state index contributed by atoms with van der Waals surface area (Å²) in [6, 6.07) is 3.38. The van der Waals surface area contributed by atoms with Gasteiger partial charge < -0.3 is 9.64 Å². The highest BCUT2D eigenvalue weighted by Crippen LogP contribution is 2.41. The fourth-order valence-corrected chi connectivity index (χ4v) is 3.53. The average molecular weight is 398 g/mol. The van der Waals surface area contributed by atoms with Crippen LogP contribution in [0.15, 0.2) is 28.0 Å². The minimum absolute atomic E-state index is 0.265. The van der Waals surface area contributed by atoms with Crippen LogP contribution in [0.2, 0.25) is 0 Å². The summed E-state index contributed by atoms with van der Waals surface area (Å²) < 4.78 is 21.9. The van der Waals surface area contributed by atoms with E-state index in [0.29, 0.717) is 28.8 Å². The first-order valence-corrected chi connectivity index (χ1v) is 8.98. The highest BCUT2D eigenvalue weighted by Gasteiger charge is 2.28. The van der Waals surface area contributed by atoms with Crippen LogP contribution in [-0.4, -0.2) is 35.9 Å². The van der Waals surface area contributed by atoms with Crippen LogP contribution in [0.4, 0.5) is 10.1 Å². The van der Waals surface area contributed by atoms with E-state index < -0.39 is 0 Å². The quantitative estimate of drug-likeness (QED) is 0.799. The second kappa shape index (κ2) is 6.11. The van der Waals surface area contributed by atoms with E-state index >= 15 is 0 Å². The summed E-state index contributed by atoms with van der Waals surface area (Å²) in [5.74, 6) is 0.288. The molecule has 0 atom stereocenters. The first kappa shape index (κ1) is 15.5. The normalized spacial score (nSPS) is 18.5. The molecule has 122 valence electrons. The third kappa shape index (κ3) is 3.02. The molecular weight excluding hydrogens is 381 g/mol. The Bertz CT molecular complexity index is 741. The van der Waals surface area contributed by atoms with Gasteiger partial charge >= 0.3 is 0 Å². The van der Waals surface area contributed by atoms with Crippen LogP contribution in [0.25, 0.3) is 5.69 Å². The molecule has 2 aromatic rings. The predicted octanol–water partition coefficient (Wildman–Crippen LogP) is 3.78. The monoisotopic (exact) mass is 397 g/mol. The Morgan fingerprint density at radius 1 is 1.22 bits per heavy atom. The van der Waals surface area contributed by atoms with Gasteiger partial charge in [0.25, 0.3) is 0 Å². The zero-order valence-electron chi connectivity index (χ0n) is 12.5. The number of hydrogen-bond donors (Lipinski definition) is 1. The molecule has 1 aliphatic heterocycles. The molecule has 7 heteroatoms. The molecule has 0 bridgehead atoms. The second-order valence-corrected chi connectivity index (χ2v) is 7.22. The number of nitrogens with zero attached hydrogens (tertiary/aromatic N) is 3. The van der Waals surface area contributed by atoms with Crippen LogP contribution < -0.4 is 4.90 Å². The van der Waals surface area contributed by atoms with E-state index in [1.165, 1.54) is 12.8 Å². The van der Waals surface area contributed by atoms with Gasteiger partial charge in [-0.25, -0.2) is 9.37 Å². The van der Waals surface area contributed by atoms with Crippen LogP contribution in [0.3, 0.4) is 0 Å². The first-order valence-electron chi connectivity index (χ1n) is 7.74. The summed E-state index contributed by atoms with van der Waals surface area (Å²) in [7, 11) is 0. The van der Waals surface area contributed by atoms with Crippen molar-refractivity contribution in [2.75, 3.05) is 31.2 Å². The molecule has 0 N–H and O–H groups in total. The SMILES string of the molecule is Fc1cc(N2CCOCC2)c(-n2cc(C3CC3)nc2S)cc1Br. The Balaban J connectivity index is 1.81. The van der Waals surface area contributed by atoms with Crippen molar-refractivity contribution >= 4 is 34.2 Å². The van der Waals surface area contributed by atoms with Gasteiger partial charge in [0.1, 0.15) is 5.82 Å². The summed E-state index contributed by atoms with van der Waals surface area (Å²) in [6.07, 6.45) is 4.41. The first-order chi connectivity index (χ1) is 11.1. The number of halogens is 2. The zero-order valence-corrected chi connectivity index (χ0v) is 15.0. The number of morpholine rings is 1. The predicted molar refractivity (Wildman–Crippen MR) is 93.5 cm³/mol. The van der Waals surface area contributed by atoms with Crippen molar-refractivity contribution in [1.29, 1.82) is 0 Å². The molecule has 0 unspecified atom stereocenters. The number of ether oxygens (including phenoxy) is 1. The lowest BCUT2D eigenvalue weighted by Crippen LogP contribution is -2.36. The van der Waals surface area contributed by atoms with Crippen molar-refractivity contribution in [1.82, 2.24) is 9.55 Å². The fraction of sp³-hybridized carbons (Fsp3) is 0.438. The van der Waals surface area contributed by atoms with E-state index in [0.717, 1.165) is 30.2 Å². The molecule has 1 aromatic heterocycles. The maximum absolute atomic E-state index is 14.1. The highest BCUT2D eigenvalue weighted by molar-refractivity contribution is 9.10. The Labute approximate surface area is 148 Å². The van der Waals surface area contributed by atoms with E-state index in [-0.39, 0.29) is 5.82 Å². The lowest BCUT2D eigenvalue weighted by molar-refractivity contribution is 0.122. The topological polar surface area (TPSA) is 30.3 Å². The van der Waals surface area contributed by atoms with E-state index in [9.17, 15) is 4.39 Å². The Morgan fingerprint density at radius 3 is 2.65 bits per heavy atom. The van der Waals surface area contributed by atoms with Crippen molar-refractivity contribution < 1.29 is 9.13 Å². The Morgan fingerprint density at radius 2 is 1.96 bits per heavy atom. The van der Waals surface area contributed by atoms with E-state index in [1.807, 2.05) is 10.8 Å². The maximum atomic E-state index is 14.1. The summed E-state index contributed by atoms with van der Waals surface area (Å²) >= 11 is 7.82. The molecular formula is C16H17BrFN3OS. The lowest BCUT2D eigenvalue weighted by Gasteiger charge is -2.31. The molecule has 23 heavy (non-hydrogen) atoms. The molecule has 1 aromatic carbocycles. The van der Waals surface area contributed by atoms with Gasteiger partial charge in [-0.2, -0.15) is 0 Å². The Hall–Kier alpha value is -1.05. The van der Waals surface area contributed by atoms with Gasteiger partial charge in [0.05, 0.1) is 34.8 Å². The van der Waals surface area contributed by atoms with Gasteiger partial charge in [0.2, 0.25) is 0 Å². The van der Waals surface area contributed by atoms with Gasteiger partial charge in [0, 0.05) is 31.3 Å². The minimum atomic E-state index is -0.265. The fourth-order valence-electron chi connectivity index (χ4n) is 2.92. The standard InChI is InChI=1S/C16H17BrFN3OS/c17-11-7-15(21-9-13(10-1-2-10)19-16(21)23)14(8-12(11)18)20-3-5-22-6-4-20/h7-10H,1-6H2,(H,19,23). The summed E-state index contributed by atoms with van der Waals surface area (Å²) in [6.45, 7) is 2.81. The average Bonchev–Trinajstić information content (AvgIpc) is 3.33. The molecule has 1 aliphatic carbocycles. The summed E-state index contributed by atoms with van der Waals surface area (Å²) in [4.78, 5) is 6.71. The van der Waals surface area contributed by atoms with Crippen LogP contribution in [0.5, 0.6) is 0 Å². The minimum Gasteiger partial charge on any atom is -0.378 e. The third-order valence-electron chi connectivity index (χ3n) is 4.33. The molecule has 1 saturated heterocycles. The van der Waals surface area contributed by atoms with E-state index in [2.05, 4.69) is 38.4 Å². The van der Waals surface area contributed by atoms with Crippen molar-refractivity contribution in [3.63, 3.8) is 0 Å². The van der Waals surface area contributed by atoms with E-state index in [4.69, 9.17) is 4.74 Å². The van der Waals surface area contributed by atoms with Crippen molar-refractivity contribution in [3.05, 3.63) is 34.3 Å².